The molecule has 7 heteroatoms. The molecule has 0 fully saturated rings. The van der Waals surface area contributed by atoms with Gasteiger partial charge in [-0.2, -0.15) is 5.10 Å². The molecular weight excluding hydrogens is 347 g/mol. The Hall–Kier alpha value is -2.37. The van der Waals surface area contributed by atoms with E-state index in [1.54, 1.807) is 18.3 Å². The first-order chi connectivity index (χ1) is 11.5. The molecule has 5 nitrogen and oxygen atoms in total. The molecule has 1 aliphatic rings. The Morgan fingerprint density at radius 2 is 1.83 bits per heavy atom. The number of carbonyl (C=O) groups is 1. The van der Waals surface area contributed by atoms with E-state index in [1.165, 1.54) is 0 Å². The molecule has 2 aromatic carbocycles. The van der Waals surface area contributed by atoms with Gasteiger partial charge in [0, 0.05) is 30.4 Å². The van der Waals surface area contributed by atoms with Crippen LogP contribution in [0.1, 0.15) is 11.1 Å². The third-order valence-corrected chi connectivity index (χ3v) is 4.05. The van der Waals surface area contributed by atoms with Crippen LogP contribution in [0.5, 0.6) is 0 Å². The SMILES string of the molecule is CN(C)c1ccc(/C=N\N=C2/C(=O)Nc3c(Cl)cc(Cl)cc32)cc1. The number of hydrogen-bond acceptors (Lipinski definition) is 4. The third kappa shape index (κ3) is 3.27. The van der Waals surface area contributed by atoms with Crippen LogP contribution < -0.4 is 10.2 Å². The van der Waals surface area contributed by atoms with Gasteiger partial charge in [-0.15, -0.1) is 5.10 Å². The minimum atomic E-state index is -0.353. The summed E-state index contributed by atoms with van der Waals surface area (Å²) < 4.78 is 0. The van der Waals surface area contributed by atoms with Gasteiger partial charge in [0.25, 0.3) is 5.91 Å². The summed E-state index contributed by atoms with van der Waals surface area (Å²) in [7, 11) is 3.95. The first-order valence-corrected chi connectivity index (χ1v) is 7.90. The number of carbonyl (C=O) groups excluding carboxylic acids is 1. The zero-order valence-electron chi connectivity index (χ0n) is 13.0. The molecule has 0 radical (unpaired) electrons. The van der Waals surface area contributed by atoms with Gasteiger partial charge in [0.1, 0.15) is 0 Å². The van der Waals surface area contributed by atoms with Gasteiger partial charge < -0.3 is 10.2 Å². The van der Waals surface area contributed by atoms with E-state index in [4.69, 9.17) is 23.2 Å². The first kappa shape index (κ1) is 16.5. The van der Waals surface area contributed by atoms with E-state index in [9.17, 15) is 4.79 Å². The lowest BCUT2D eigenvalue weighted by Crippen LogP contribution is -2.13. The predicted octanol–water partition coefficient (Wildman–Crippen LogP) is 3.83. The molecule has 3 rings (SSSR count). The van der Waals surface area contributed by atoms with Gasteiger partial charge in [-0.05, 0) is 29.8 Å². The number of benzene rings is 2. The third-order valence-electron chi connectivity index (χ3n) is 3.54. The second kappa shape index (κ2) is 6.63. The molecule has 1 heterocycles. The second-order valence-electron chi connectivity index (χ2n) is 5.44. The molecule has 24 heavy (non-hydrogen) atoms. The van der Waals surface area contributed by atoms with Crippen molar-refractivity contribution in [3.05, 3.63) is 57.6 Å². The van der Waals surface area contributed by atoms with Crippen molar-refractivity contribution in [2.45, 2.75) is 0 Å². The average Bonchev–Trinajstić information content (AvgIpc) is 2.85. The number of anilines is 2. The number of fused-ring (bicyclic) bond motifs is 1. The number of amides is 1. The first-order valence-electron chi connectivity index (χ1n) is 7.15. The van der Waals surface area contributed by atoms with Crippen molar-refractivity contribution in [3.63, 3.8) is 0 Å². The van der Waals surface area contributed by atoms with Gasteiger partial charge in [-0.1, -0.05) is 35.3 Å². The van der Waals surface area contributed by atoms with Gasteiger partial charge in [0.15, 0.2) is 5.71 Å². The molecule has 122 valence electrons. The molecular formula is C17H14Cl2N4O. The number of hydrogen-bond donors (Lipinski definition) is 1. The van der Waals surface area contributed by atoms with Crippen molar-refractivity contribution in [2.75, 3.05) is 24.3 Å². The maximum atomic E-state index is 12.0. The summed E-state index contributed by atoms with van der Waals surface area (Å²) in [6, 6.07) is 11.0. The maximum absolute atomic E-state index is 12.0. The minimum absolute atomic E-state index is 0.190. The summed E-state index contributed by atoms with van der Waals surface area (Å²) in [4.78, 5) is 14.0. The summed E-state index contributed by atoms with van der Waals surface area (Å²) in [6.45, 7) is 0. The molecule has 2 aromatic rings. The maximum Gasteiger partial charge on any atom is 0.276 e. The topological polar surface area (TPSA) is 57.1 Å². The van der Waals surface area contributed by atoms with Gasteiger partial charge >= 0.3 is 0 Å². The van der Waals surface area contributed by atoms with Crippen molar-refractivity contribution >= 4 is 52.4 Å². The number of rotatable bonds is 3. The second-order valence-corrected chi connectivity index (χ2v) is 6.29. The molecule has 0 saturated heterocycles. The monoisotopic (exact) mass is 360 g/mol. The highest BCUT2D eigenvalue weighted by Gasteiger charge is 2.28. The van der Waals surface area contributed by atoms with Crippen molar-refractivity contribution in [1.29, 1.82) is 0 Å². The fourth-order valence-electron chi connectivity index (χ4n) is 2.29. The van der Waals surface area contributed by atoms with Crippen LogP contribution in [0.2, 0.25) is 10.0 Å². The highest BCUT2D eigenvalue weighted by Crippen LogP contribution is 2.34. The Morgan fingerprint density at radius 1 is 1.12 bits per heavy atom. The lowest BCUT2D eigenvalue weighted by molar-refractivity contribution is -0.110. The average molecular weight is 361 g/mol. The van der Waals surface area contributed by atoms with E-state index in [0.717, 1.165) is 11.3 Å². The van der Waals surface area contributed by atoms with Crippen LogP contribution >= 0.6 is 23.2 Å². The molecule has 0 unspecified atom stereocenters. The van der Waals surface area contributed by atoms with Gasteiger partial charge in [-0.3, -0.25) is 4.79 Å². The van der Waals surface area contributed by atoms with Crippen LogP contribution in [0.25, 0.3) is 0 Å². The van der Waals surface area contributed by atoms with E-state index >= 15 is 0 Å². The van der Waals surface area contributed by atoms with Crippen LogP contribution in [-0.2, 0) is 4.79 Å². The van der Waals surface area contributed by atoms with E-state index in [1.807, 2.05) is 43.3 Å². The zero-order chi connectivity index (χ0) is 17.3. The van der Waals surface area contributed by atoms with Gasteiger partial charge in [-0.25, -0.2) is 0 Å². The quantitative estimate of drug-likeness (QED) is 0.667. The van der Waals surface area contributed by atoms with E-state index in [2.05, 4.69) is 15.5 Å². The molecule has 0 spiro atoms. The fraction of sp³-hybridized carbons (Fsp3) is 0.118. The van der Waals surface area contributed by atoms with Crippen LogP contribution in [0.4, 0.5) is 11.4 Å². The molecule has 0 aromatic heterocycles. The Morgan fingerprint density at radius 3 is 2.50 bits per heavy atom. The van der Waals surface area contributed by atoms with Crippen LogP contribution in [0.3, 0.4) is 0 Å². The molecule has 0 bridgehead atoms. The molecule has 0 saturated carbocycles. The highest BCUT2D eigenvalue weighted by atomic mass is 35.5. The summed E-state index contributed by atoms with van der Waals surface area (Å²) in [6.07, 6.45) is 1.59. The summed E-state index contributed by atoms with van der Waals surface area (Å²) in [5.41, 5.74) is 3.23. The normalized spacial score (nSPS) is 15.0. The van der Waals surface area contributed by atoms with Crippen molar-refractivity contribution in [1.82, 2.24) is 0 Å². The molecule has 0 aliphatic carbocycles. The van der Waals surface area contributed by atoms with Crippen LogP contribution in [-0.4, -0.2) is 31.9 Å². The fourth-order valence-corrected chi connectivity index (χ4v) is 2.83. The minimum Gasteiger partial charge on any atom is -0.378 e. The van der Waals surface area contributed by atoms with E-state index in [-0.39, 0.29) is 11.6 Å². The number of halogens is 2. The Balaban J connectivity index is 1.86. The van der Waals surface area contributed by atoms with Crippen molar-refractivity contribution in [2.24, 2.45) is 10.2 Å². The van der Waals surface area contributed by atoms with E-state index < -0.39 is 0 Å². The van der Waals surface area contributed by atoms with Crippen molar-refractivity contribution in [3.8, 4) is 0 Å². The Labute approximate surface area is 149 Å². The highest BCUT2D eigenvalue weighted by molar-refractivity contribution is 6.56. The molecule has 0 atom stereocenters. The summed E-state index contributed by atoms with van der Waals surface area (Å²) in [5.74, 6) is -0.353. The number of nitrogens with zero attached hydrogens (tertiary/aromatic N) is 3. The standard InChI is InChI=1S/C17H14Cl2N4O/c1-23(2)12-5-3-10(4-6-12)9-20-22-16-13-7-11(18)8-14(19)15(13)21-17(16)24/h3-9H,1-2H3,(H,21,22,24)/b20-9-. The molecule has 1 N–H and O–H groups in total. The molecule has 1 amide bonds. The summed E-state index contributed by atoms with van der Waals surface area (Å²) >= 11 is 12.1. The smallest absolute Gasteiger partial charge is 0.276 e. The largest absolute Gasteiger partial charge is 0.378 e. The van der Waals surface area contributed by atoms with Crippen LogP contribution in [0, 0.1) is 0 Å². The lowest BCUT2D eigenvalue weighted by atomic mass is 10.1. The number of nitrogens with one attached hydrogen (secondary N) is 1. The lowest BCUT2D eigenvalue weighted by Gasteiger charge is -2.11. The van der Waals surface area contributed by atoms with Crippen molar-refractivity contribution < 1.29 is 4.79 Å². The van der Waals surface area contributed by atoms with Gasteiger partial charge in [0.2, 0.25) is 0 Å². The Kier molecular flexibility index (Phi) is 4.55. The summed E-state index contributed by atoms with van der Waals surface area (Å²) in [5, 5.41) is 11.5. The van der Waals surface area contributed by atoms with E-state index in [0.29, 0.717) is 21.3 Å². The predicted molar refractivity (Wildman–Crippen MR) is 100.0 cm³/mol. The molecule has 1 aliphatic heterocycles. The van der Waals surface area contributed by atoms with Crippen LogP contribution in [0.15, 0.2) is 46.6 Å². The zero-order valence-corrected chi connectivity index (χ0v) is 14.6. The Bertz CT molecular complexity index is 858. The van der Waals surface area contributed by atoms with Gasteiger partial charge in [0.05, 0.1) is 16.9 Å².